The van der Waals surface area contributed by atoms with Crippen molar-refractivity contribution in [3.63, 3.8) is 0 Å². The molecule has 0 saturated carbocycles. The van der Waals surface area contributed by atoms with Gasteiger partial charge in [0.2, 0.25) is 0 Å². The van der Waals surface area contributed by atoms with Gasteiger partial charge in [-0.15, -0.1) is 0 Å². The van der Waals surface area contributed by atoms with Crippen LogP contribution in [0.3, 0.4) is 0 Å². The van der Waals surface area contributed by atoms with Gasteiger partial charge in [0.1, 0.15) is 5.75 Å². The summed E-state index contributed by atoms with van der Waals surface area (Å²) >= 11 is 17.9. The number of nitrogens with zero attached hydrogens (tertiary/aromatic N) is 1. The Kier molecular flexibility index (Phi) is 8.06. The fourth-order valence-corrected chi connectivity index (χ4v) is 3.27. The van der Waals surface area contributed by atoms with Gasteiger partial charge in [-0.25, -0.2) is 10.2 Å². The molecular formula is C23H16Cl3N3O4. The summed E-state index contributed by atoms with van der Waals surface area (Å²) in [6.07, 6.45) is 1.29. The molecular weight excluding hydrogens is 489 g/mol. The fraction of sp³-hybridized carbons (Fsp3) is 0.0435. The molecule has 0 spiro atoms. The summed E-state index contributed by atoms with van der Waals surface area (Å²) in [5, 5.41) is 7.25. The quantitative estimate of drug-likeness (QED) is 0.163. The van der Waals surface area contributed by atoms with Crippen LogP contribution in [-0.2, 0) is 9.59 Å². The number of amides is 2. The lowest BCUT2D eigenvalue weighted by Gasteiger charge is -2.08. The van der Waals surface area contributed by atoms with Crippen LogP contribution in [0, 0.1) is 6.92 Å². The van der Waals surface area contributed by atoms with E-state index < -0.39 is 17.8 Å². The van der Waals surface area contributed by atoms with Crippen molar-refractivity contribution in [2.45, 2.75) is 6.92 Å². The number of nitrogens with one attached hydrogen (secondary N) is 2. The second kappa shape index (κ2) is 11.0. The average Bonchev–Trinajstić information content (AvgIpc) is 2.77. The standard InChI is InChI=1S/C23H16Cl3N3O4/c1-13-18(25)6-3-7-20(13)28-21(30)22(31)29-27-12-14-4-2-5-16(10-14)33-23(32)17-9-8-15(24)11-19(17)26/h2-12H,1H3,(H,28,30)(H,29,31)/b27-12-. The highest BCUT2D eigenvalue weighted by molar-refractivity contribution is 6.40. The highest BCUT2D eigenvalue weighted by Gasteiger charge is 2.15. The zero-order chi connectivity index (χ0) is 24.0. The van der Waals surface area contributed by atoms with Crippen molar-refractivity contribution < 1.29 is 19.1 Å². The Bertz CT molecular complexity index is 1260. The number of hydrazone groups is 1. The molecule has 33 heavy (non-hydrogen) atoms. The van der Waals surface area contributed by atoms with E-state index in [1.165, 1.54) is 30.5 Å². The molecule has 10 heteroatoms. The lowest BCUT2D eigenvalue weighted by Crippen LogP contribution is -2.32. The van der Waals surface area contributed by atoms with Crippen LogP contribution in [0.4, 0.5) is 5.69 Å². The van der Waals surface area contributed by atoms with Crippen LogP contribution in [-0.4, -0.2) is 24.0 Å². The zero-order valence-electron chi connectivity index (χ0n) is 17.1. The molecule has 0 heterocycles. The summed E-state index contributed by atoms with van der Waals surface area (Å²) in [6.45, 7) is 1.72. The molecule has 0 aliphatic heterocycles. The highest BCUT2D eigenvalue weighted by Crippen LogP contribution is 2.24. The number of carbonyl (C=O) groups excluding carboxylic acids is 3. The van der Waals surface area contributed by atoms with Gasteiger partial charge in [-0.2, -0.15) is 5.10 Å². The predicted octanol–water partition coefficient (Wildman–Crippen LogP) is 5.26. The van der Waals surface area contributed by atoms with E-state index in [0.717, 1.165) is 0 Å². The van der Waals surface area contributed by atoms with E-state index in [1.807, 2.05) is 0 Å². The molecule has 0 bridgehead atoms. The van der Waals surface area contributed by atoms with Crippen molar-refractivity contribution in [1.29, 1.82) is 0 Å². The van der Waals surface area contributed by atoms with Crippen molar-refractivity contribution in [2.75, 3.05) is 5.32 Å². The van der Waals surface area contributed by atoms with E-state index in [4.69, 9.17) is 39.5 Å². The van der Waals surface area contributed by atoms with Crippen molar-refractivity contribution >= 4 is 64.5 Å². The lowest BCUT2D eigenvalue weighted by molar-refractivity contribution is -0.136. The maximum atomic E-state index is 12.3. The van der Waals surface area contributed by atoms with Gasteiger partial charge in [0.15, 0.2) is 0 Å². The van der Waals surface area contributed by atoms with Gasteiger partial charge in [0.05, 0.1) is 16.8 Å². The van der Waals surface area contributed by atoms with Crippen molar-refractivity contribution in [1.82, 2.24) is 5.43 Å². The first-order chi connectivity index (χ1) is 15.7. The van der Waals surface area contributed by atoms with Crippen LogP contribution >= 0.6 is 34.8 Å². The molecule has 7 nitrogen and oxygen atoms in total. The van der Waals surface area contributed by atoms with E-state index in [2.05, 4.69) is 15.8 Å². The minimum atomic E-state index is -0.967. The van der Waals surface area contributed by atoms with Crippen LogP contribution < -0.4 is 15.5 Å². The maximum absolute atomic E-state index is 12.3. The maximum Gasteiger partial charge on any atom is 0.345 e. The monoisotopic (exact) mass is 503 g/mol. The van der Waals surface area contributed by atoms with Crippen molar-refractivity contribution in [2.24, 2.45) is 5.10 Å². The van der Waals surface area contributed by atoms with Gasteiger partial charge in [0.25, 0.3) is 0 Å². The third-order valence-electron chi connectivity index (χ3n) is 4.32. The summed E-state index contributed by atoms with van der Waals surface area (Å²) in [5.74, 6) is -2.30. The third kappa shape index (κ3) is 6.55. The molecule has 0 fully saturated rings. The molecule has 3 aromatic rings. The van der Waals surface area contributed by atoms with Gasteiger partial charge in [0, 0.05) is 15.7 Å². The largest absolute Gasteiger partial charge is 0.423 e. The average molecular weight is 505 g/mol. The summed E-state index contributed by atoms with van der Waals surface area (Å²) in [6, 6.07) is 15.8. The number of esters is 1. The summed E-state index contributed by atoms with van der Waals surface area (Å²) in [4.78, 5) is 36.4. The van der Waals surface area contributed by atoms with E-state index in [-0.39, 0.29) is 16.3 Å². The smallest absolute Gasteiger partial charge is 0.345 e. The number of hydrogen-bond acceptors (Lipinski definition) is 5. The second-order valence-electron chi connectivity index (χ2n) is 6.65. The Hall–Kier alpha value is -3.39. The fourth-order valence-electron chi connectivity index (χ4n) is 2.61. The topological polar surface area (TPSA) is 96.9 Å². The Labute approximate surface area is 204 Å². The third-order valence-corrected chi connectivity index (χ3v) is 5.28. The number of benzene rings is 3. The number of halogens is 3. The first kappa shape index (κ1) is 24.3. The van der Waals surface area contributed by atoms with Gasteiger partial charge >= 0.3 is 17.8 Å². The lowest BCUT2D eigenvalue weighted by atomic mass is 10.2. The molecule has 0 saturated heterocycles. The molecule has 0 aromatic heterocycles. The van der Waals surface area contributed by atoms with Crippen LogP contribution in [0.2, 0.25) is 15.1 Å². The molecule has 2 amide bonds. The summed E-state index contributed by atoms with van der Waals surface area (Å²) < 4.78 is 5.32. The molecule has 0 atom stereocenters. The number of rotatable bonds is 5. The number of anilines is 1. The predicted molar refractivity (Wildman–Crippen MR) is 128 cm³/mol. The van der Waals surface area contributed by atoms with E-state index >= 15 is 0 Å². The van der Waals surface area contributed by atoms with Gasteiger partial charge in [-0.05, 0) is 60.5 Å². The molecule has 0 aliphatic rings. The molecule has 3 aromatic carbocycles. The highest BCUT2D eigenvalue weighted by atomic mass is 35.5. The second-order valence-corrected chi connectivity index (χ2v) is 7.90. The van der Waals surface area contributed by atoms with Crippen LogP contribution in [0.25, 0.3) is 0 Å². The Morgan fingerprint density at radius 1 is 0.909 bits per heavy atom. The molecule has 0 aliphatic carbocycles. The van der Waals surface area contributed by atoms with Gasteiger partial charge in [-0.3, -0.25) is 9.59 Å². The molecule has 0 unspecified atom stereocenters. The van der Waals surface area contributed by atoms with Crippen LogP contribution in [0.1, 0.15) is 21.5 Å². The minimum Gasteiger partial charge on any atom is -0.423 e. The Balaban J connectivity index is 1.59. The SMILES string of the molecule is Cc1c(Cl)cccc1NC(=O)C(=O)N/N=C\c1cccc(OC(=O)c2ccc(Cl)cc2Cl)c1. The summed E-state index contributed by atoms with van der Waals surface area (Å²) in [7, 11) is 0. The summed E-state index contributed by atoms with van der Waals surface area (Å²) in [5.41, 5.74) is 3.85. The van der Waals surface area contributed by atoms with E-state index in [0.29, 0.717) is 26.9 Å². The van der Waals surface area contributed by atoms with Gasteiger partial charge in [-0.1, -0.05) is 53.0 Å². The van der Waals surface area contributed by atoms with Crippen molar-refractivity contribution in [3.05, 3.63) is 92.4 Å². The number of hydrogen-bond donors (Lipinski definition) is 2. The molecule has 168 valence electrons. The molecule has 2 N–H and O–H groups in total. The van der Waals surface area contributed by atoms with Crippen LogP contribution in [0.15, 0.2) is 65.8 Å². The normalized spacial score (nSPS) is 10.7. The zero-order valence-corrected chi connectivity index (χ0v) is 19.3. The molecule has 3 rings (SSSR count). The van der Waals surface area contributed by atoms with Crippen molar-refractivity contribution in [3.8, 4) is 5.75 Å². The Morgan fingerprint density at radius 2 is 1.67 bits per heavy atom. The number of carbonyl (C=O) groups is 3. The van der Waals surface area contributed by atoms with Crippen LogP contribution in [0.5, 0.6) is 5.75 Å². The molecule has 0 radical (unpaired) electrons. The minimum absolute atomic E-state index is 0.161. The first-order valence-electron chi connectivity index (χ1n) is 9.41. The Morgan fingerprint density at radius 3 is 2.42 bits per heavy atom. The first-order valence-corrected chi connectivity index (χ1v) is 10.5. The number of ether oxygens (including phenoxy) is 1. The van der Waals surface area contributed by atoms with E-state index in [9.17, 15) is 14.4 Å². The van der Waals surface area contributed by atoms with Gasteiger partial charge < -0.3 is 10.1 Å². The van der Waals surface area contributed by atoms with E-state index in [1.54, 1.807) is 43.3 Å².